The number of hydrogen-bond donors (Lipinski definition) is 2. The van der Waals surface area contributed by atoms with Crippen LogP contribution in [0.15, 0.2) is 24.3 Å². The van der Waals surface area contributed by atoms with Crippen molar-refractivity contribution in [1.82, 2.24) is 10.2 Å². The van der Waals surface area contributed by atoms with Crippen LogP contribution in [0, 0.1) is 0 Å². The minimum absolute atomic E-state index is 0.217. The predicted octanol–water partition coefficient (Wildman–Crippen LogP) is 2.09. The van der Waals surface area contributed by atoms with Gasteiger partial charge in [0.25, 0.3) is 0 Å². The molecule has 0 saturated heterocycles. The van der Waals surface area contributed by atoms with Crippen LogP contribution >= 0.6 is 0 Å². The lowest BCUT2D eigenvalue weighted by Gasteiger charge is -2.21. The molecule has 2 N–H and O–H groups in total. The standard InChI is InChI=1S/C17H26N2O3/c1-3-5-13-19(12-4-2)17(22)16(21)18-11-10-14-6-8-15(20)9-7-14/h6-9,20H,3-5,10-13H2,1-2H3,(H,18,21). The maximum Gasteiger partial charge on any atom is 0.311 e. The van der Waals surface area contributed by atoms with Crippen molar-refractivity contribution in [3.05, 3.63) is 29.8 Å². The Morgan fingerprint density at radius 1 is 1.09 bits per heavy atom. The third-order valence-electron chi connectivity index (χ3n) is 3.39. The number of phenols is 1. The van der Waals surface area contributed by atoms with E-state index >= 15 is 0 Å². The molecule has 2 amide bonds. The summed E-state index contributed by atoms with van der Waals surface area (Å²) in [5.41, 5.74) is 1.00. The topological polar surface area (TPSA) is 69.6 Å². The van der Waals surface area contributed by atoms with E-state index in [0.717, 1.165) is 24.8 Å². The van der Waals surface area contributed by atoms with Crippen LogP contribution in [-0.2, 0) is 16.0 Å². The van der Waals surface area contributed by atoms with E-state index in [1.807, 2.05) is 6.92 Å². The summed E-state index contributed by atoms with van der Waals surface area (Å²) in [5, 5.41) is 11.9. The fraction of sp³-hybridized carbons (Fsp3) is 0.529. The van der Waals surface area contributed by atoms with Gasteiger partial charge in [0.2, 0.25) is 0 Å². The number of carbonyl (C=O) groups is 2. The molecule has 0 atom stereocenters. The zero-order chi connectivity index (χ0) is 16.4. The van der Waals surface area contributed by atoms with Gasteiger partial charge in [-0.25, -0.2) is 0 Å². The van der Waals surface area contributed by atoms with Gasteiger partial charge in [0.05, 0.1) is 0 Å². The number of rotatable bonds is 8. The van der Waals surface area contributed by atoms with E-state index in [2.05, 4.69) is 12.2 Å². The van der Waals surface area contributed by atoms with Crippen LogP contribution in [-0.4, -0.2) is 41.5 Å². The molecule has 22 heavy (non-hydrogen) atoms. The number of nitrogens with one attached hydrogen (secondary N) is 1. The molecule has 5 nitrogen and oxygen atoms in total. The van der Waals surface area contributed by atoms with Crippen LogP contribution in [0.2, 0.25) is 0 Å². The lowest BCUT2D eigenvalue weighted by atomic mass is 10.1. The summed E-state index contributed by atoms with van der Waals surface area (Å²) in [7, 11) is 0. The van der Waals surface area contributed by atoms with Crippen molar-refractivity contribution in [2.45, 2.75) is 39.5 Å². The van der Waals surface area contributed by atoms with Gasteiger partial charge in [0.15, 0.2) is 0 Å². The third-order valence-corrected chi connectivity index (χ3v) is 3.39. The number of carbonyl (C=O) groups excluding carboxylic acids is 2. The van der Waals surface area contributed by atoms with E-state index < -0.39 is 11.8 Å². The van der Waals surface area contributed by atoms with E-state index in [4.69, 9.17) is 0 Å². The van der Waals surface area contributed by atoms with Gasteiger partial charge in [-0.05, 0) is 37.0 Å². The van der Waals surface area contributed by atoms with Crippen LogP contribution in [0.3, 0.4) is 0 Å². The Balaban J connectivity index is 2.41. The lowest BCUT2D eigenvalue weighted by Crippen LogP contribution is -2.44. The molecular formula is C17H26N2O3. The second-order valence-corrected chi connectivity index (χ2v) is 5.32. The summed E-state index contributed by atoms with van der Waals surface area (Å²) in [5.74, 6) is -0.765. The van der Waals surface area contributed by atoms with E-state index in [0.29, 0.717) is 26.1 Å². The Hall–Kier alpha value is -2.04. The number of hydrogen-bond acceptors (Lipinski definition) is 3. The first kappa shape index (κ1) is 18.0. The molecule has 0 aliphatic rings. The lowest BCUT2D eigenvalue weighted by molar-refractivity contribution is -0.145. The van der Waals surface area contributed by atoms with Crippen molar-refractivity contribution >= 4 is 11.8 Å². The van der Waals surface area contributed by atoms with E-state index in [9.17, 15) is 14.7 Å². The number of phenolic OH excluding ortho intramolecular Hbond substituents is 1. The second-order valence-electron chi connectivity index (χ2n) is 5.32. The minimum Gasteiger partial charge on any atom is -0.508 e. The number of amides is 2. The number of benzene rings is 1. The fourth-order valence-electron chi connectivity index (χ4n) is 2.14. The molecule has 0 saturated carbocycles. The summed E-state index contributed by atoms with van der Waals surface area (Å²) in [4.78, 5) is 25.7. The molecule has 0 unspecified atom stereocenters. The van der Waals surface area contributed by atoms with Crippen LogP contribution < -0.4 is 5.32 Å². The molecule has 0 aromatic heterocycles. The quantitative estimate of drug-likeness (QED) is 0.723. The Kier molecular flexibility index (Phi) is 8.04. The highest BCUT2D eigenvalue weighted by Gasteiger charge is 2.20. The predicted molar refractivity (Wildman–Crippen MR) is 86.6 cm³/mol. The summed E-state index contributed by atoms with van der Waals surface area (Å²) in [6.07, 6.45) is 3.38. The highest BCUT2D eigenvalue weighted by atomic mass is 16.3. The van der Waals surface area contributed by atoms with Crippen molar-refractivity contribution in [1.29, 1.82) is 0 Å². The smallest absolute Gasteiger partial charge is 0.311 e. The average Bonchev–Trinajstić information content (AvgIpc) is 2.52. The molecule has 0 spiro atoms. The van der Waals surface area contributed by atoms with Crippen LogP contribution in [0.5, 0.6) is 5.75 Å². The van der Waals surface area contributed by atoms with Gasteiger partial charge in [-0.3, -0.25) is 9.59 Å². The number of unbranched alkanes of at least 4 members (excludes halogenated alkanes) is 1. The van der Waals surface area contributed by atoms with Gasteiger partial charge in [-0.15, -0.1) is 0 Å². The van der Waals surface area contributed by atoms with Gasteiger partial charge in [-0.2, -0.15) is 0 Å². The SMILES string of the molecule is CCCCN(CCC)C(=O)C(=O)NCCc1ccc(O)cc1. The van der Waals surface area contributed by atoms with Crippen molar-refractivity contribution in [3.63, 3.8) is 0 Å². The van der Waals surface area contributed by atoms with E-state index in [1.54, 1.807) is 29.2 Å². The molecule has 5 heteroatoms. The van der Waals surface area contributed by atoms with E-state index in [-0.39, 0.29) is 5.75 Å². The van der Waals surface area contributed by atoms with Gasteiger partial charge in [0, 0.05) is 19.6 Å². The first-order chi connectivity index (χ1) is 10.6. The molecular weight excluding hydrogens is 280 g/mol. The van der Waals surface area contributed by atoms with Crippen molar-refractivity contribution in [2.24, 2.45) is 0 Å². The van der Waals surface area contributed by atoms with Crippen molar-refractivity contribution in [3.8, 4) is 5.75 Å². The molecule has 1 aromatic rings. The normalized spacial score (nSPS) is 10.3. The van der Waals surface area contributed by atoms with Crippen molar-refractivity contribution < 1.29 is 14.7 Å². The largest absolute Gasteiger partial charge is 0.508 e. The Morgan fingerprint density at radius 2 is 1.77 bits per heavy atom. The van der Waals surface area contributed by atoms with Crippen molar-refractivity contribution in [2.75, 3.05) is 19.6 Å². The molecule has 122 valence electrons. The highest BCUT2D eigenvalue weighted by molar-refractivity contribution is 6.35. The maximum absolute atomic E-state index is 12.1. The molecule has 0 heterocycles. The second kappa shape index (κ2) is 9.82. The Labute approximate surface area is 132 Å². The summed E-state index contributed by atoms with van der Waals surface area (Å²) < 4.78 is 0. The molecule has 0 bridgehead atoms. The zero-order valence-electron chi connectivity index (χ0n) is 13.5. The maximum atomic E-state index is 12.1. The van der Waals surface area contributed by atoms with Gasteiger partial charge >= 0.3 is 11.8 Å². The number of aromatic hydroxyl groups is 1. The van der Waals surface area contributed by atoms with Gasteiger partial charge in [-0.1, -0.05) is 32.4 Å². The Morgan fingerprint density at radius 3 is 2.36 bits per heavy atom. The molecule has 1 aromatic carbocycles. The van der Waals surface area contributed by atoms with Gasteiger partial charge in [0.1, 0.15) is 5.75 Å². The van der Waals surface area contributed by atoms with Crippen LogP contribution in [0.1, 0.15) is 38.7 Å². The summed E-state index contributed by atoms with van der Waals surface area (Å²) >= 11 is 0. The summed E-state index contributed by atoms with van der Waals surface area (Å²) in [6.45, 7) is 5.71. The molecule has 0 aliphatic carbocycles. The molecule has 1 rings (SSSR count). The van der Waals surface area contributed by atoms with Gasteiger partial charge < -0.3 is 15.3 Å². The number of nitrogens with zero attached hydrogens (tertiary/aromatic N) is 1. The highest BCUT2D eigenvalue weighted by Crippen LogP contribution is 2.09. The minimum atomic E-state index is -0.539. The van der Waals surface area contributed by atoms with Crippen LogP contribution in [0.4, 0.5) is 0 Å². The Bertz CT molecular complexity index is 471. The third kappa shape index (κ3) is 6.16. The van der Waals surface area contributed by atoms with E-state index in [1.165, 1.54) is 0 Å². The monoisotopic (exact) mass is 306 g/mol. The molecule has 0 fully saturated rings. The summed E-state index contributed by atoms with van der Waals surface area (Å²) in [6, 6.07) is 6.81. The zero-order valence-corrected chi connectivity index (χ0v) is 13.5. The fourth-order valence-corrected chi connectivity index (χ4v) is 2.14. The van der Waals surface area contributed by atoms with Crippen LogP contribution in [0.25, 0.3) is 0 Å². The first-order valence-corrected chi connectivity index (χ1v) is 7.93. The molecule has 0 aliphatic heterocycles. The molecule has 0 radical (unpaired) electrons. The average molecular weight is 306 g/mol. The first-order valence-electron chi connectivity index (χ1n) is 7.93.